The fourth-order valence-electron chi connectivity index (χ4n) is 3.72. The number of piperazine rings is 1. The fraction of sp³-hybridized carbons (Fsp3) is 0.824. The van der Waals surface area contributed by atoms with Crippen LogP contribution in [-0.4, -0.2) is 35.1 Å². The van der Waals surface area contributed by atoms with Crippen LogP contribution in [0.2, 0.25) is 0 Å². The van der Waals surface area contributed by atoms with E-state index in [-0.39, 0.29) is 5.41 Å². The molecule has 2 aliphatic rings. The second kappa shape index (κ2) is 5.98. The number of hydrogen-bond donors (Lipinski definition) is 1. The first-order chi connectivity index (χ1) is 10.00. The summed E-state index contributed by atoms with van der Waals surface area (Å²) in [5.74, 6) is 0. The molecule has 2 fully saturated rings. The summed E-state index contributed by atoms with van der Waals surface area (Å²) in [6.07, 6.45) is 6.92. The van der Waals surface area contributed by atoms with Crippen LogP contribution in [0.1, 0.15) is 63.6 Å². The molecular weight excluding hydrogens is 278 g/mol. The Balaban J connectivity index is 1.74. The van der Waals surface area contributed by atoms with Crippen molar-refractivity contribution in [1.29, 1.82) is 0 Å². The zero-order chi connectivity index (χ0) is 14.9. The molecule has 1 aliphatic carbocycles. The van der Waals surface area contributed by atoms with Crippen LogP contribution in [0.25, 0.3) is 0 Å². The third-order valence-electron chi connectivity index (χ3n) is 5.11. The number of nitrogens with zero attached hydrogens (tertiary/aromatic N) is 2. The maximum Gasteiger partial charge on any atom is 0.107 e. The van der Waals surface area contributed by atoms with Crippen molar-refractivity contribution in [2.45, 2.75) is 70.4 Å². The number of thiazole rings is 1. The number of hydrogen-bond acceptors (Lipinski definition) is 4. The van der Waals surface area contributed by atoms with E-state index in [0.717, 1.165) is 13.1 Å². The molecule has 4 heteroatoms. The van der Waals surface area contributed by atoms with Crippen LogP contribution in [0, 0.1) is 0 Å². The highest BCUT2D eigenvalue weighted by atomic mass is 32.1. The van der Waals surface area contributed by atoms with Crippen molar-refractivity contribution in [3.8, 4) is 0 Å². The van der Waals surface area contributed by atoms with E-state index in [4.69, 9.17) is 4.98 Å². The molecule has 0 unspecified atom stereocenters. The van der Waals surface area contributed by atoms with Crippen LogP contribution >= 0.6 is 11.3 Å². The quantitative estimate of drug-likeness (QED) is 0.905. The van der Waals surface area contributed by atoms with Crippen molar-refractivity contribution in [2.75, 3.05) is 19.6 Å². The molecule has 1 spiro atoms. The van der Waals surface area contributed by atoms with Crippen LogP contribution in [0.3, 0.4) is 0 Å². The molecule has 1 N–H and O–H groups in total. The molecule has 0 bridgehead atoms. The topological polar surface area (TPSA) is 28.2 Å². The zero-order valence-electron chi connectivity index (χ0n) is 13.7. The van der Waals surface area contributed by atoms with Gasteiger partial charge in [0, 0.05) is 36.0 Å². The maximum atomic E-state index is 4.91. The van der Waals surface area contributed by atoms with Crippen LogP contribution in [0.15, 0.2) is 5.38 Å². The Morgan fingerprint density at radius 1 is 1.29 bits per heavy atom. The highest BCUT2D eigenvalue weighted by Crippen LogP contribution is 2.36. The van der Waals surface area contributed by atoms with Gasteiger partial charge in [0.15, 0.2) is 0 Å². The Kier molecular flexibility index (Phi) is 4.40. The van der Waals surface area contributed by atoms with E-state index >= 15 is 0 Å². The van der Waals surface area contributed by atoms with Gasteiger partial charge in [-0.1, -0.05) is 40.0 Å². The highest BCUT2D eigenvalue weighted by Gasteiger charge is 2.39. The van der Waals surface area contributed by atoms with Crippen molar-refractivity contribution in [1.82, 2.24) is 15.2 Å². The van der Waals surface area contributed by atoms with Gasteiger partial charge in [0.05, 0.1) is 12.2 Å². The van der Waals surface area contributed by atoms with Crippen molar-refractivity contribution < 1.29 is 0 Å². The third-order valence-corrected chi connectivity index (χ3v) is 5.95. The largest absolute Gasteiger partial charge is 0.314 e. The van der Waals surface area contributed by atoms with E-state index < -0.39 is 0 Å². The lowest BCUT2D eigenvalue weighted by atomic mass is 9.79. The number of nitrogens with one attached hydrogen (secondary N) is 1. The predicted molar refractivity (Wildman–Crippen MR) is 89.9 cm³/mol. The molecule has 0 atom stereocenters. The van der Waals surface area contributed by atoms with Crippen LogP contribution in [0.5, 0.6) is 0 Å². The van der Waals surface area contributed by atoms with Crippen LogP contribution in [-0.2, 0) is 12.0 Å². The summed E-state index contributed by atoms with van der Waals surface area (Å²) in [6.45, 7) is 11.3. The molecular formula is C17H29N3S. The molecule has 0 radical (unpaired) electrons. The van der Waals surface area contributed by atoms with Crippen molar-refractivity contribution in [2.24, 2.45) is 0 Å². The van der Waals surface area contributed by atoms with Gasteiger partial charge in [0.1, 0.15) is 5.01 Å². The third kappa shape index (κ3) is 3.33. The molecule has 3 nitrogen and oxygen atoms in total. The first kappa shape index (κ1) is 15.4. The van der Waals surface area contributed by atoms with Gasteiger partial charge in [0.25, 0.3) is 0 Å². The summed E-state index contributed by atoms with van der Waals surface area (Å²) in [7, 11) is 0. The van der Waals surface area contributed by atoms with Gasteiger partial charge in [-0.3, -0.25) is 4.90 Å². The average Bonchev–Trinajstić information content (AvgIpc) is 2.91. The molecule has 1 saturated heterocycles. The first-order valence-corrected chi connectivity index (χ1v) is 9.28. The molecule has 1 aliphatic heterocycles. The lowest BCUT2D eigenvalue weighted by Crippen LogP contribution is -2.61. The van der Waals surface area contributed by atoms with Gasteiger partial charge in [-0.2, -0.15) is 0 Å². The Bertz CT molecular complexity index is 460. The van der Waals surface area contributed by atoms with Crippen LogP contribution in [0.4, 0.5) is 0 Å². The van der Waals surface area contributed by atoms with Crippen molar-refractivity contribution in [3.63, 3.8) is 0 Å². The Morgan fingerprint density at radius 3 is 2.71 bits per heavy atom. The summed E-state index contributed by atoms with van der Waals surface area (Å²) in [4.78, 5) is 7.64. The van der Waals surface area contributed by atoms with E-state index in [1.54, 1.807) is 0 Å². The van der Waals surface area contributed by atoms with Gasteiger partial charge in [0.2, 0.25) is 0 Å². The maximum absolute atomic E-state index is 4.91. The average molecular weight is 308 g/mol. The van der Waals surface area contributed by atoms with E-state index in [1.165, 1.54) is 55.9 Å². The van der Waals surface area contributed by atoms with Gasteiger partial charge in [-0.25, -0.2) is 4.98 Å². The monoisotopic (exact) mass is 307 g/mol. The van der Waals surface area contributed by atoms with Crippen molar-refractivity contribution in [3.05, 3.63) is 16.1 Å². The predicted octanol–water partition coefficient (Wildman–Crippen LogP) is 3.55. The summed E-state index contributed by atoms with van der Waals surface area (Å²) in [5.41, 5.74) is 1.82. The van der Waals surface area contributed by atoms with Gasteiger partial charge >= 0.3 is 0 Å². The minimum Gasteiger partial charge on any atom is -0.314 e. The highest BCUT2D eigenvalue weighted by molar-refractivity contribution is 7.09. The molecule has 1 saturated carbocycles. The second-order valence-corrected chi connectivity index (χ2v) is 8.70. The van der Waals surface area contributed by atoms with Crippen LogP contribution < -0.4 is 5.32 Å². The molecule has 21 heavy (non-hydrogen) atoms. The van der Waals surface area contributed by atoms with Gasteiger partial charge in [-0.15, -0.1) is 11.3 Å². The molecule has 3 rings (SSSR count). The fourth-order valence-corrected chi connectivity index (χ4v) is 4.76. The number of rotatable bonds is 2. The lowest BCUT2D eigenvalue weighted by molar-refractivity contribution is 0.0208. The minimum absolute atomic E-state index is 0.167. The summed E-state index contributed by atoms with van der Waals surface area (Å²) in [5, 5.41) is 7.18. The Morgan fingerprint density at radius 2 is 2.05 bits per heavy atom. The lowest BCUT2D eigenvalue weighted by Gasteiger charge is -2.49. The van der Waals surface area contributed by atoms with E-state index in [0.29, 0.717) is 5.54 Å². The van der Waals surface area contributed by atoms with Gasteiger partial charge in [-0.05, 0) is 12.8 Å². The molecule has 1 aromatic heterocycles. The first-order valence-electron chi connectivity index (χ1n) is 8.40. The second-order valence-electron chi connectivity index (χ2n) is 7.76. The standard InChI is InChI=1S/C17H29N3S/c1-16(2,3)14-12-21-15(19-14)11-20-10-9-18-13-17(20)7-5-4-6-8-17/h12,18H,4-11,13H2,1-3H3. The summed E-state index contributed by atoms with van der Waals surface area (Å²) >= 11 is 1.84. The molecule has 118 valence electrons. The van der Waals surface area contributed by atoms with E-state index in [9.17, 15) is 0 Å². The summed E-state index contributed by atoms with van der Waals surface area (Å²) < 4.78 is 0. The summed E-state index contributed by atoms with van der Waals surface area (Å²) in [6, 6.07) is 0. The molecule has 0 aromatic carbocycles. The smallest absolute Gasteiger partial charge is 0.107 e. The molecule has 2 heterocycles. The SMILES string of the molecule is CC(C)(C)c1csc(CN2CCNCC23CCCCC3)n1. The zero-order valence-corrected chi connectivity index (χ0v) is 14.6. The van der Waals surface area contributed by atoms with E-state index in [1.807, 2.05) is 11.3 Å². The molecule has 1 aromatic rings. The van der Waals surface area contributed by atoms with Crippen molar-refractivity contribution >= 4 is 11.3 Å². The minimum atomic E-state index is 0.167. The molecule has 0 amide bonds. The van der Waals surface area contributed by atoms with E-state index in [2.05, 4.69) is 36.4 Å². The number of aromatic nitrogens is 1. The van der Waals surface area contributed by atoms with Gasteiger partial charge < -0.3 is 5.32 Å². The Labute approximate surface area is 133 Å². The Hall–Kier alpha value is -0.450. The normalized spacial score (nSPS) is 23.6.